The third-order valence-electron chi connectivity index (χ3n) is 5.29. The largest absolute Gasteiger partial charge is 0.490 e. The van der Waals surface area contributed by atoms with Crippen molar-refractivity contribution in [2.45, 2.75) is 0 Å². The molecule has 0 unspecified atom stereocenters. The summed E-state index contributed by atoms with van der Waals surface area (Å²) in [6, 6.07) is 10.0. The van der Waals surface area contributed by atoms with Crippen LogP contribution in [-0.2, 0) is 9.47 Å². The van der Waals surface area contributed by atoms with Crippen molar-refractivity contribution >= 4 is 17.1 Å². The number of fused-ring (bicyclic) bond motifs is 1. The van der Waals surface area contributed by atoms with Crippen molar-refractivity contribution in [2.75, 3.05) is 53.2 Å². The number of nitrogens with one attached hydrogen (secondary N) is 1. The number of hydrogen-bond acceptors (Lipinski definition) is 6. The van der Waals surface area contributed by atoms with Crippen LogP contribution in [0.3, 0.4) is 0 Å². The fourth-order valence-corrected chi connectivity index (χ4v) is 3.62. The van der Waals surface area contributed by atoms with Gasteiger partial charge in [0.1, 0.15) is 24.1 Å². The van der Waals surface area contributed by atoms with Gasteiger partial charge < -0.3 is 19.2 Å². The second kappa shape index (κ2) is 10.2. The summed E-state index contributed by atoms with van der Waals surface area (Å²) in [6.07, 6.45) is 8.07. The van der Waals surface area contributed by atoms with Gasteiger partial charge in [-0.1, -0.05) is 18.2 Å². The van der Waals surface area contributed by atoms with Crippen molar-refractivity contribution in [3.05, 3.63) is 53.9 Å². The zero-order chi connectivity index (χ0) is 21.5. The number of methoxy groups -OCH3 is 1. The number of nitriles is 1. The van der Waals surface area contributed by atoms with E-state index in [1.807, 2.05) is 30.6 Å². The Bertz CT molecular complexity index is 1090. The zero-order valence-electron chi connectivity index (χ0n) is 17.6. The molecular formula is C24H26N4O3. The second-order valence-electron chi connectivity index (χ2n) is 7.35. The van der Waals surface area contributed by atoms with Crippen molar-refractivity contribution in [3.8, 4) is 22.9 Å². The highest BCUT2D eigenvalue weighted by atomic mass is 16.5. The normalized spacial score (nSPS) is 14.8. The molecule has 0 saturated carbocycles. The van der Waals surface area contributed by atoms with Gasteiger partial charge in [-0.3, -0.25) is 4.90 Å². The third kappa shape index (κ3) is 5.12. The lowest BCUT2D eigenvalue weighted by molar-refractivity contribution is 0.0435. The van der Waals surface area contributed by atoms with E-state index in [0.717, 1.165) is 60.6 Å². The number of H-pyrrole nitrogens is 1. The molecule has 1 fully saturated rings. The lowest BCUT2D eigenvalue weighted by Gasteiger charge is -2.25. The summed E-state index contributed by atoms with van der Waals surface area (Å²) >= 11 is 0. The van der Waals surface area contributed by atoms with Crippen LogP contribution in [0.25, 0.3) is 28.2 Å². The van der Waals surface area contributed by atoms with Gasteiger partial charge in [0.25, 0.3) is 0 Å². The second-order valence-corrected chi connectivity index (χ2v) is 7.35. The highest BCUT2D eigenvalue weighted by Gasteiger charge is 2.12. The number of benzene rings is 1. The van der Waals surface area contributed by atoms with E-state index < -0.39 is 0 Å². The number of ether oxygens (including phenoxy) is 3. The van der Waals surface area contributed by atoms with E-state index in [4.69, 9.17) is 14.2 Å². The van der Waals surface area contributed by atoms with Crippen LogP contribution >= 0.6 is 0 Å². The van der Waals surface area contributed by atoms with Crippen LogP contribution in [-0.4, -0.2) is 68.0 Å². The van der Waals surface area contributed by atoms with Crippen LogP contribution in [0.5, 0.6) is 5.75 Å². The van der Waals surface area contributed by atoms with Crippen LogP contribution < -0.4 is 4.74 Å². The molecular weight excluding hydrogens is 392 g/mol. The lowest BCUT2D eigenvalue weighted by Crippen LogP contribution is -2.36. The van der Waals surface area contributed by atoms with Gasteiger partial charge in [-0.2, -0.15) is 5.26 Å². The van der Waals surface area contributed by atoms with Gasteiger partial charge in [-0.25, -0.2) is 4.98 Å². The van der Waals surface area contributed by atoms with Crippen LogP contribution in [0.2, 0.25) is 0 Å². The fourth-order valence-electron chi connectivity index (χ4n) is 3.62. The zero-order valence-corrected chi connectivity index (χ0v) is 17.6. The molecule has 0 amide bonds. The molecule has 31 heavy (non-hydrogen) atoms. The molecule has 1 saturated heterocycles. The molecule has 0 spiro atoms. The molecule has 7 nitrogen and oxygen atoms in total. The Kier molecular flexibility index (Phi) is 6.95. The monoisotopic (exact) mass is 418 g/mol. The molecule has 1 N–H and O–H groups in total. The first-order chi connectivity index (χ1) is 15.3. The van der Waals surface area contributed by atoms with Crippen molar-refractivity contribution in [2.24, 2.45) is 0 Å². The number of aromatic amines is 1. The van der Waals surface area contributed by atoms with E-state index in [1.165, 1.54) is 0 Å². The van der Waals surface area contributed by atoms with Gasteiger partial charge in [-0.15, -0.1) is 0 Å². The van der Waals surface area contributed by atoms with Crippen molar-refractivity contribution in [1.29, 1.82) is 5.26 Å². The molecule has 0 bridgehead atoms. The molecule has 1 aromatic carbocycles. The van der Waals surface area contributed by atoms with Gasteiger partial charge in [0.15, 0.2) is 0 Å². The number of pyridine rings is 1. The molecule has 0 atom stereocenters. The molecule has 0 radical (unpaired) electrons. The summed E-state index contributed by atoms with van der Waals surface area (Å²) in [4.78, 5) is 10.2. The average Bonchev–Trinajstić information content (AvgIpc) is 3.23. The molecule has 160 valence electrons. The molecule has 1 aliphatic rings. The van der Waals surface area contributed by atoms with Crippen LogP contribution in [0, 0.1) is 11.3 Å². The van der Waals surface area contributed by atoms with Crippen molar-refractivity contribution in [1.82, 2.24) is 14.9 Å². The predicted octanol–water partition coefficient (Wildman–Crippen LogP) is 3.47. The Labute approximate surface area is 181 Å². The van der Waals surface area contributed by atoms with Gasteiger partial charge in [0.05, 0.1) is 25.4 Å². The lowest BCUT2D eigenvalue weighted by atomic mass is 10.0. The van der Waals surface area contributed by atoms with Gasteiger partial charge in [0, 0.05) is 50.1 Å². The third-order valence-corrected chi connectivity index (χ3v) is 5.29. The SMILES string of the molecule is COCCOc1ccc(-c2c[nH]c3ncc(C=CCN4CCOCC4)cc23)cc1C#N. The Morgan fingerprint density at radius 2 is 2.13 bits per heavy atom. The van der Waals surface area contributed by atoms with Crippen molar-refractivity contribution < 1.29 is 14.2 Å². The molecule has 2 aromatic heterocycles. The maximum absolute atomic E-state index is 9.56. The standard InChI is InChI=1S/C24H26N4O3/c1-29-11-12-31-23-5-4-19(14-20(23)15-25)22-17-27-24-21(22)13-18(16-26-24)3-2-6-28-7-9-30-10-8-28/h2-5,13-14,16-17H,6-12H2,1H3,(H,26,27). The fraction of sp³-hybridized carbons (Fsp3) is 0.333. The number of hydrogen-bond donors (Lipinski definition) is 1. The van der Waals surface area contributed by atoms with E-state index in [-0.39, 0.29) is 0 Å². The number of nitrogens with zero attached hydrogens (tertiary/aromatic N) is 3. The van der Waals surface area contributed by atoms with Gasteiger partial charge in [-0.05, 0) is 29.3 Å². The van der Waals surface area contributed by atoms with Crippen molar-refractivity contribution in [3.63, 3.8) is 0 Å². The number of morpholine rings is 1. The maximum atomic E-state index is 9.56. The average molecular weight is 418 g/mol. The summed E-state index contributed by atoms with van der Waals surface area (Å²) in [5, 5.41) is 10.6. The predicted molar refractivity (Wildman–Crippen MR) is 120 cm³/mol. The Hall–Kier alpha value is -3.18. The van der Waals surface area contributed by atoms with E-state index >= 15 is 0 Å². The Morgan fingerprint density at radius 3 is 2.94 bits per heavy atom. The molecule has 4 rings (SSSR count). The summed E-state index contributed by atoms with van der Waals surface area (Å²) in [7, 11) is 1.62. The van der Waals surface area contributed by atoms with E-state index in [0.29, 0.717) is 24.5 Å². The van der Waals surface area contributed by atoms with E-state index in [1.54, 1.807) is 7.11 Å². The highest BCUT2D eigenvalue weighted by molar-refractivity contribution is 5.95. The summed E-state index contributed by atoms with van der Waals surface area (Å²) in [5.74, 6) is 0.563. The smallest absolute Gasteiger partial charge is 0.137 e. The summed E-state index contributed by atoms with van der Waals surface area (Å²) < 4.78 is 16.1. The maximum Gasteiger partial charge on any atom is 0.137 e. The molecule has 3 heterocycles. The molecule has 3 aromatic rings. The first kappa shape index (κ1) is 21.1. The quantitative estimate of drug-likeness (QED) is 0.564. The molecule has 7 heteroatoms. The van der Waals surface area contributed by atoms with Crippen LogP contribution in [0.1, 0.15) is 11.1 Å². The first-order valence-corrected chi connectivity index (χ1v) is 10.4. The van der Waals surface area contributed by atoms with E-state index in [2.05, 4.69) is 39.2 Å². The van der Waals surface area contributed by atoms with Crippen LogP contribution in [0.15, 0.2) is 42.7 Å². The number of aromatic nitrogens is 2. The molecule has 0 aliphatic carbocycles. The van der Waals surface area contributed by atoms with Gasteiger partial charge in [0.2, 0.25) is 0 Å². The number of rotatable bonds is 8. The summed E-state index contributed by atoms with van der Waals surface area (Å²) in [5.41, 5.74) is 4.31. The Balaban J connectivity index is 1.55. The van der Waals surface area contributed by atoms with Gasteiger partial charge >= 0.3 is 0 Å². The highest BCUT2D eigenvalue weighted by Crippen LogP contribution is 2.31. The van der Waals surface area contributed by atoms with E-state index in [9.17, 15) is 5.26 Å². The minimum Gasteiger partial charge on any atom is -0.490 e. The van der Waals surface area contributed by atoms with Crippen LogP contribution in [0.4, 0.5) is 0 Å². The summed E-state index contributed by atoms with van der Waals surface area (Å²) in [6.45, 7) is 5.32. The Morgan fingerprint density at radius 1 is 1.26 bits per heavy atom. The minimum atomic E-state index is 0.404. The first-order valence-electron chi connectivity index (χ1n) is 10.4. The topological polar surface area (TPSA) is 83.4 Å². The molecule has 1 aliphatic heterocycles. The minimum absolute atomic E-state index is 0.404.